The second-order valence-electron chi connectivity index (χ2n) is 10.3. The second-order valence-corrected chi connectivity index (χ2v) is 10.3. The maximum Gasteiger partial charge on any atom is 0.270 e. The van der Waals surface area contributed by atoms with Gasteiger partial charge in [0.1, 0.15) is 12.0 Å². The van der Waals surface area contributed by atoms with Crippen LogP contribution in [-0.4, -0.2) is 37.7 Å². The van der Waals surface area contributed by atoms with Crippen LogP contribution in [0.25, 0.3) is 0 Å². The number of benzene rings is 2. The van der Waals surface area contributed by atoms with E-state index >= 15 is 0 Å². The van der Waals surface area contributed by atoms with Crippen molar-refractivity contribution in [2.75, 3.05) is 30.0 Å². The van der Waals surface area contributed by atoms with Crippen molar-refractivity contribution in [2.24, 2.45) is 16.1 Å². The Morgan fingerprint density at radius 2 is 1.88 bits per heavy atom. The van der Waals surface area contributed by atoms with Gasteiger partial charge in [0.25, 0.3) is 11.8 Å². The standard InChI is InChI=1S/C25H32F2N6O.C5H8O/c1-6-32-21-10-8-19(29)18(13-28)23(21)14(2)11-22(24(30)34)33-15(3)17-12-16(25(4,26)27)7-9-20(17)31-5;1-5(4-6)2-3-5/h7-14,28,31-32H,6,29H2,1-5H3,(H2,30,34);4H,2-3H2,1H3/b22-11-,28-13?,33-15?;. The Hall–Kier alpha value is -4.08. The minimum Gasteiger partial charge on any atom is -0.398 e. The number of nitrogens with zero attached hydrogens (tertiary/aromatic N) is 1. The monoisotopic (exact) mass is 554 g/mol. The van der Waals surface area contributed by atoms with Crippen LogP contribution in [0, 0.1) is 10.8 Å². The maximum atomic E-state index is 13.9. The molecule has 216 valence electrons. The summed E-state index contributed by atoms with van der Waals surface area (Å²) in [4.78, 5) is 26.6. The number of carbonyl (C=O) groups is 2. The number of alkyl halides is 2. The van der Waals surface area contributed by atoms with E-state index in [1.807, 2.05) is 26.8 Å². The first kappa shape index (κ1) is 32.1. The molecule has 1 aliphatic rings. The summed E-state index contributed by atoms with van der Waals surface area (Å²) >= 11 is 0. The van der Waals surface area contributed by atoms with Gasteiger partial charge in [-0.15, -0.1) is 0 Å². The van der Waals surface area contributed by atoms with E-state index in [9.17, 15) is 18.4 Å². The third kappa shape index (κ3) is 8.21. The van der Waals surface area contributed by atoms with E-state index in [0.29, 0.717) is 34.8 Å². The Labute approximate surface area is 234 Å². The zero-order valence-corrected chi connectivity index (χ0v) is 24.0. The van der Waals surface area contributed by atoms with Gasteiger partial charge >= 0.3 is 0 Å². The van der Waals surface area contributed by atoms with Crippen LogP contribution >= 0.6 is 0 Å². The average molecular weight is 555 g/mol. The molecule has 0 aliphatic heterocycles. The number of nitrogens with two attached hydrogens (primary N) is 2. The van der Waals surface area contributed by atoms with Crippen molar-refractivity contribution >= 4 is 41.2 Å². The van der Waals surface area contributed by atoms with E-state index < -0.39 is 11.8 Å². The van der Waals surface area contributed by atoms with Gasteiger partial charge in [0, 0.05) is 77.5 Å². The Morgan fingerprint density at radius 3 is 2.33 bits per heavy atom. The topological polar surface area (TPSA) is 146 Å². The SMILES string of the molecule is CC1(C=O)CC1.CCNc1ccc(N)c(C=N)c1C(C)/C=C(\N=C(C)c1cc(C(C)(F)F)ccc1NC)C(N)=O. The van der Waals surface area contributed by atoms with Gasteiger partial charge < -0.3 is 32.3 Å². The van der Waals surface area contributed by atoms with Crippen molar-refractivity contribution in [3.05, 3.63) is 64.4 Å². The van der Waals surface area contributed by atoms with E-state index in [4.69, 9.17) is 16.9 Å². The van der Waals surface area contributed by atoms with Crippen molar-refractivity contribution in [1.29, 1.82) is 5.41 Å². The normalized spacial score (nSPS) is 15.3. The lowest BCUT2D eigenvalue weighted by molar-refractivity contribution is -0.114. The van der Waals surface area contributed by atoms with Gasteiger partial charge in [-0.25, -0.2) is 13.8 Å². The number of hydrogen-bond acceptors (Lipinski definition) is 7. The van der Waals surface area contributed by atoms with Gasteiger partial charge in [0.15, 0.2) is 0 Å². The number of aliphatic imine (C=N–C) groups is 1. The smallest absolute Gasteiger partial charge is 0.270 e. The number of halogens is 2. The third-order valence-electron chi connectivity index (χ3n) is 6.75. The molecule has 0 saturated heterocycles. The van der Waals surface area contributed by atoms with E-state index in [1.54, 1.807) is 32.2 Å². The van der Waals surface area contributed by atoms with Gasteiger partial charge in [0.05, 0.1) is 0 Å². The van der Waals surface area contributed by atoms with Crippen molar-refractivity contribution in [2.45, 2.75) is 59.3 Å². The number of aldehydes is 1. The molecule has 1 atom stereocenters. The van der Waals surface area contributed by atoms with E-state index in [1.165, 1.54) is 18.3 Å². The minimum atomic E-state index is -3.03. The summed E-state index contributed by atoms with van der Waals surface area (Å²) < 4.78 is 27.8. The first-order valence-electron chi connectivity index (χ1n) is 13.1. The molecule has 0 bridgehead atoms. The van der Waals surface area contributed by atoms with Crippen LogP contribution in [0.1, 0.15) is 75.6 Å². The summed E-state index contributed by atoms with van der Waals surface area (Å²) in [5, 5.41) is 14.0. The highest BCUT2D eigenvalue weighted by Gasteiger charge is 2.36. The van der Waals surface area contributed by atoms with Gasteiger partial charge in [-0.2, -0.15) is 0 Å². The van der Waals surface area contributed by atoms with Gasteiger partial charge in [-0.05, 0) is 62.6 Å². The molecule has 0 aromatic heterocycles. The summed E-state index contributed by atoms with van der Waals surface area (Å²) in [5.74, 6) is -4.18. The van der Waals surface area contributed by atoms with E-state index in [0.717, 1.165) is 37.3 Å². The largest absolute Gasteiger partial charge is 0.398 e. The molecule has 8 nitrogen and oxygen atoms in total. The lowest BCUT2D eigenvalue weighted by Crippen LogP contribution is -2.16. The second kappa shape index (κ2) is 13.3. The zero-order chi connectivity index (χ0) is 30.3. The Bertz CT molecular complexity index is 1310. The molecule has 1 saturated carbocycles. The average Bonchev–Trinajstić information content (AvgIpc) is 3.66. The lowest BCUT2D eigenvalue weighted by Gasteiger charge is -2.19. The molecule has 0 radical (unpaired) electrons. The molecule has 1 aliphatic carbocycles. The Kier molecular flexibility index (Phi) is 10.7. The van der Waals surface area contributed by atoms with Crippen LogP contribution in [0.2, 0.25) is 0 Å². The van der Waals surface area contributed by atoms with Crippen LogP contribution in [0.5, 0.6) is 0 Å². The molecule has 40 heavy (non-hydrogen) atoms. The first-order valence-corrected chi connectivity index (χ1v) is 13.1. The van der Waals surface area contributed by atoms with Crippen LogP contribution in [0.15, 0.2) is 47.1 Å². The molecule has 3 rings (SSSR count). The number of rotatable bonds is 11. The molecule has 0 spiro atoms. The molecule has 1 amide bonds. The van der Waals surface area contributed by atoms with Gasteiger partial charge in [0.2, 0.25) is 0 Å². The van der Waals surface area contributed by atoms with Crippen molar-refractivity contribution in [3.8, 4) is 0 Å². The number of primary amides is 1. The summed E-state index contributed by atoms with van der Waals surface area (Å²) in [6.45, 7) is 8.87. The number of nitrogens with one attached hydrogen (secondary N) is 3. The number of nitrogen functional groups attached to an aromatic ring is 1. The van der Waals surface area contributed by atoms with E-state index in [2.05, 4.69) is 15.6 Å². The Morgan fingerprint density at radius 1 is 1.25 bits per heavy atom. The molecular formula is C30H40F2N6O2. The van der Waals surface area contributed by atoms with E-state index in [-0.39, 0.29) is 22.6 Å². The quantitative estimate of drug-likeness (QED) is 0.103. The molecule has 1 fully saturated rings. The number of hydrogen-bond donors (Lipinski definition) is 5. The summed E-state index contributed by atoms with van der Waals surface area (Å²) in [5.41, 5.74) is 15.4. The maximum absolute atomic E-state index is 13.9. The van der Waals surface area contributed by atoms with Crippen LogP contribution in [0.4, 0.5) is 25.8 Å². The van der Waals surface area contributed by atoms with Crippen LogP contribution < -0.4 is 22.1 Å². The predicted molar refractivity (Wildman–Crippen MR) is 160 cm³/mol. The fourth-order valence-corrected chi connectivity index (χ4v) is 4.03. The number of amides is 1. The van der Waals surface area contributed by atoms with Crippen LogP contribution in [0.3, 0.4) is 0 Å². The fourth-order valence-electron chi connectivity index (χ4n) is 4.03. The highest BCUT2D eigenvalue weighted by atomic mass is 19.3. The van der Waals surface area contributed by atoms with Crippen molar-refractivity contribution in [3.63, 3.8) is 0 Å². The highest BCUT2D eigenvalue weighted by molar-refractivity contribution is 6.06. The lowest BCUT2D eigenvalue weighted by atomic mass is 9.92. The third-order valence-corrected chi connectivity index (χ3v) is 6.75. The highest BCUT2D eigenvalue weighted by Crippen LogP contribution is 2.42. The molecule has 1 unspecified atom stereocenters. The molecule has 7 N–H and O–H groups in total. The molecular weight excluding hydrogens is 514 g/mol. The van der Waals surface area contributed by atoms with Crippen molar-refractivity contribution < 1.29 is 18.4 Å². The molecule has 0 heterocycles. The van der Waals surface area contributed by atoms with Gasteiger partial charge in [-0.3, -0.25) is 4.79 Å². The Balaban J connectivity index is 0.000000821. The number of carbonyl (C=O) groups excluding carboxylic acids is 2. The fraction of sp³-hybridized carbons (Fsp3) is 0.400. The molecule has 10 heteroatoms. The number of allylic oxidation sites excluding steroid dienone is 1. The molecule has 2 aromatic rings. The van der Waals surface area contributed by atoms with Crippen LogP contribution in [-0.2, 0) is 15.5 Å². The van der Waals surface area contributed by atoms with Gasteiger partial charge in [-0.1, -0.05) is 19.9 Å². The number of anilines is 3. The first-order chi connectivity index (χ1) is 18.7. The zero-order valence-electron chi connectivity index (χ0n) is 24.0. The summed E-state index contributed by atoms with van der Waals surface area (Å²) in [6.07, 6.45) is 6.02. The minimum absolute atomic E-state index is 0.0264. The summed E-state index contributed by atoms with van der Waals surface area (Å²) in [7, 11) is 1.67. The van der Waals surface area contributed by atoms with Crippen molar-refractivity contribution in [1.82, 2.24) is 0 Å². The predicted octanol–water partition coefficient (Wildman–Crippen LogP) is 5.82. The molecule has 2 aromatic carbocycles. The summed E-state index contributed by atoms with van der Waals surface area (Å²) in [6, 6.07) is 7.77.